The second-order valence-corrected chi connectivity index (χ2v) is 6.80. The zero-order chi connectivity index (χ0) is 20.8. The van der Waals surface area contributed by atoms with Crippen LogP contribution in [0.25, 0.3) is 6.08 Å². The van der Waals surface area contributed by atoms with E-state index in [0.717, 1.165) is 12.0 Å². The first-order chi connectivity index (χ1) is 14.0. The molecule has 0 radical (unpaired) electrons. The van der Waals surface area contributed by atoms with Crippen LogP contribution in [0, 0.1) is 0 Å². The van der Waals surface area contributed by atoms with Gasteiger partial charge in [0.2, 0.25) is 0 Å². The summed E-state index contributed by atoms with van der Waals surface area (Å²) in [5.74, 6) is 0.456. The van der Waals surface area contributed by atoms with Gasteiger partial charge < -0.3 is 19.1 Å². The Morgan fingerprint density at radius 2 is 1.83 bits per heavy atom. The number of carbonyl (C=O) groups excluding carboxylic acids is 2. The van der Waals surface area contributed by atoms with Gasteiger partial charge in [0.05, 0.1) is 14.2 Å². The number of hydrogen-bond donors (Lipinski definition) is 0. The van der Waals surface area contributed by atoms with Crippen LogP contribution in [-0.4, -0.2) is 43.6 Å². The molecule has 0 aliphatic carbocycles. The van der Waals surface area contributed by atoms with Gasteiger partial charge in [0.1, 0.15) is 11.5 Å². The van der Waals surface area contributed by atoms with Gasteiger partial charge in [-0.25, -0.2) is 4.79 Å². The van der Waals surface area contributed by atoms with E-state index in [0.29, 0.717) is 30.2 Å². The fraction of sp³-hybridized carbons (Fsp3) is 0.304. The van der Waals surface area contributed by atoms with E-state index >= 15 is 0 Å². The molecule has 3 rings (SSSR count). The fourth-order valence-electron chi connectivity index (χ4n) is 3.32. The Labute approximate surface area is 170 Å². The van der Waals surface area contributed by atoms with Crippen LogP contribution in [0.5, 0.6) is 11.5 Å². The summed E-state index contributed by atoms with van der Waals surface area (Å²) in [5.41, 5.74) is 3.10. The van der Waals surface area contributed by atoms with E-state index in [9.17, 15) is 9.59 Å². The minimum atomic E-state index is -0.852. The summed E-state index contributed by atoms with van der Waals surface area (Å²) in [7, 11) is 3.11. The first-order valence-electron chi connectivity index (χ1n) is 9.48. The zero-order valence-electron chi connectivity index (χ0n) is 16.9. The van der Waals surface area contributed by atoms with Crippen LogP contribution in [0.3, 0.4) is 0 Å². The standard InChI is InChI=1S/C23H25NO5/c1-16(23(26)24-13-12-17-6-4-5-7-19(17)15-24)29-22(25)11-9-18-8-10-20(27-2)14-21(18)28-3/h4-11,14,16H,12-13,15H2,1-3H3/b11-9+/t16-/m1/s1. The van der Waals surface area contributed by atoms with Gasteiger partial charge in [0.15, 0.2) is 6.10 Å². The van der Waals surface area contributed by atoms with E-state index < -0.39 is 12.1 Å². The molecule has 0 spiro atoms. The van der Waals surface area contributed by atoms with Crippen molar-refractivity contribution in [3.63, 3.8) is 0 Å². The van der Waals surface area contributed by atoms with Crippen molar-refractivity contribution in [1.82, 2.24) is 4.90 Å². The fourth-order valence-corrected chi connectivity index (χ4v) is 3.32. The van der Waals surface area contributed by atoms with Crippen LogP contribution in [0.4, 0.5) is 0 Å². The Balaban J connectivity index is 1.59. The molecule has 2 aromatic carbocycles. The number of methoxy groups -OCH3 is 2. The summed E-state index contributed by atoms with van der Waals surface area (Å²) >= 11 is 0. The maximum atomic E-state index is 12.7. The topological polar surface area (TPSA) is 65.1 Å². The minimum absolute atomic E-state index is 0.191. The highest BCUT2D eigenvalue weighted by molar-refractivity contribution is 5.90. The number of rotatable bonds is 6. The maximum Gasteiger partial charge on any atom is 0.331 e. The molecule has 0 unspecified atom stereocenters. The van der Waals surface area contributed by atoms with Crippen molar-refractivity contribution in [1.29, 1.82) is 0 Å². The third kappa shape index (κ3) is 4.96. The van der Waals surface area contributed by atoms with Gasteiger partial charge in [-0.2, -0.15) is 0 Å². The number of nitrogens with zero attached hydrogens (tertiary/aromatic N) is 1. The van der Waals surface area contributed by atoms with Gasteiger partial charge in [0.25, 0.3) is 5.91 Å². The van der Waals surface area contributed by atoms with Crippen LogP contribution in [-0.2, 0) is 27.3 Å². The summed E-state index contributed by atoms with van der Waals surface area (Å²) in [6.07, 6.45) is 2.84. The molecule has 0 saturated carbocycles. The molecular formula is C23H25NO5. The van der Waals surface area contributed by atoms with E-state index in [1.807, 2.05) is 18.2 Å². The lowest BCUT2D eigenvalue weighted by Gasteiger charge is -2.30. The quantitative estimate of drug-likeness (QED) is 0.555. The first-order valence-corrected chi connectivity index (χ1v) is 9.48. The van der Waals surface area contributed by atoms with Gasteiger partial charge in [-0.15, -0.1) is 0 Å². The summed E-state index contributed by atoms with van der Waals surface area (Å²) in [5, 5.41) is 0. The lowest BCUT2D eigenvalue weighted by molar-refractivity contribution is -0.155. The Kier molecular flexibility index (Phi) is 6.54. The summed E-state index contributed by atoms with van der Waals surface area (Å²) < 4.78 is 15.8. The lowest BCUT2D eigenvalue weighted by atomic mass is 9.99. The third-order valence-electron chi connectivity index (χ3n) is 4.92. The summed E-state index contributed by atoms with van der Waals surface area (Å²) in [4.78, 5) is 26.6. The number of hydrogen-bond acceptors (Lipinski definition) is 5. The molecule has 0 N–H and O–H groups in total. The molecule has 1 aliphatic rings. The highest BCUT2D eigenvalue weighted by Gasteiger charge is 2.26. The van der Waals surface area contributed by atoms with Gasteiger partial charge in [-0.3, -0.25) is 4.79 Å². The van der Waals surface area contributed by atoms with Gasteiger partial charge in [-0.1, -0.05) is 24.3 Å². The number of esters is 1. The number of ether oxygens (including phenoxy) is 3. The smallest absolute Gasteiger partial charge is 0.331 e. The first kappa shape index (κ1) is 20.5. The lowest BCUT2D eigenvalue weighted by Crippen LogP contribution is -2.42. The molecule has 152 valence electrons. The summed E-state index contributed by atoms with van der Waals surface area (Å²) in [6.45, 7) is 2.76. The monoisotopic (exact) mass is 395 g/mol. The van der Waals surface area contributed by atoms with E-state index in [-0.39, 0.29) is 5.91 Å². The van der Waals surface area contributed by atoms with E-state index in [4.69, 9.17) is 14.2 Å². The molecule has 0 aromatic heterocycles. The number of benzene rings is 2. The molecule has 29 heavy (non-hydrogen) atoms. The van der Waals surface area contributed by atoms with Gasteiger partial charge >= 0.3 is 5.97 Å². The molecule has 0 fully saturated rings. The van der Waals surface area contributed by atoms with E-state index in [1.54, 1.807) is 50.3 Å². The van der Waals surface area contributed by atoms with Crippen molar-refractivity contribution < 1.29 is 23.8 Å². The Morgan fingerprint density at radius 1 is 1.07 bits per heavy atom. The molecule has 6 heteroatoms. The van der Waals surface area contributed by atoms with E-state index in [2.05, 4.69) is 6.07 Å². The average Bonchev–Trinajstić information content (AvgIpc) is 2.76. The van der Waals surface area contributed by atoms with Crippen LogP contribution in [0.1, 0.15) is 23.6 Å². The van der Waals surface area contributed by atoms with Crippen molar-refractivity contribution in [3.8, 4) is 11.5 Å². The van der Waals surface area contributed by atoms with Crippen LogP contribution < -0.4 is 9.47 Å². The van der Waals surface area contributed by atoms with Crippen molar-refractivity contribution in [2.24, 2.45) is 0 Å². The van der Waals surface area contributed by atoms with Crippen molar-refractivity contribution in [2.45, 2.75) is 26.0 Å². The van der Waals surface area contributed by atoms with Crippen LogP contribution in [0.2, 0.25) is 0 Å². The summed E-state index contributed by atoms with van der Waals surface area (Å²) in [6, 6.07) is 13.4. The molecule has 2 aromatic rings. The molecule has 6 nitrogen and oxygen atoms in total. The largest absolute Gasteiger partial charge is 0.497 e. The Morgan fingerprint density at radius 3 is 2.55 bits per heavy atom. The zero-order valence-corrected chi connectivity index (χ0v) is 16.9. The Hall–Kier alpha value is -3.28. The number of fused-ring (bicyclic) bond motifs is 1. The molecule has 0 saturated heterocycles. The van der Waals surface area contributed by atoms with Crippen molar-refractivity contribution in [3.05, 3.63) is 65.2 Å². The molecule has 1 atom stereocenters. The third-order valence-corrected chi connectivity index (χ3v) is 4.92. The van der Waals surface area contributed by atoms with Gasteiger partial charge in [-0.05, 0) is 42.7 Å². The predicted molar refractivity (Wildman–Crippen MR) is 110 cm³/mol. The van der Waals surface area contributed by atoms with E-state index in [1.165, 1.54) is 11.6 Å². The van der Waals surface area contributed by atoms with Crippen molar-refractivity contribution >= 4 is 18.0 Å². The Bertz CT molecular complexity index is 921. The molecule has 0 bridgehead atoms. The molecule has 1 aliphatic heterocycles. The van der Waals surface area contributed by atoms with Gasteiger partial charge in [0, 0.05) is 30.8 Å². The van der Waals surface area contributed by atoms with Crippen LogP contribution >= 0.6 is 0 Å². The highest BCUT2D eigenvalue weighted by atomic mass is 16.5. The number of carbonyl (C=O) groups is 2. The number of amides is 1. The predicted octanol–water partition coefficient (Wildman–Crippen LogP) is 3.23. The maximum absolute atomic E-state index is 12.7. The minimum Gasteiger partial charge on any atom is -0.497 e. The second kappa shape index (κ2) is 9.28. The highest BCUT2D eigenvalue weighted by Crippen LogP contribution is 2.25. The molecule has 1 amide bonds. The molecular weight excluding hydrogens is 370 g/mol. The SMILES string of the molecule is COc1ccc(/C=C/C(=O)O[C@H](C)C(=O)N2CCc3ccccc3C2)c(OC)c1. The second-order valence-electron chi connectivity index (χ2n) is 6.80. The molecule has 1 heterocycles. The van der Waals surface area contributed by atoms with Crippen LogP contribution in [0.15, 0.2) is 48.5 Å². The van der Waals surface area contributed by atoms with Crippen molar-refractivity contribution in [2.75, 3.05) is 20.8 Å². The normalized spacial score (nSPS) is 14.2. The average molecular weight is 395 g/mol.